The quantitative estimate of drug-likeness (QED) is 0.0734. The van der Waals surface area contributed by atoms with Gasteiger partial charge in [0.05, 0.1) is 66.1 Å². The number of aryl methyl sites for hydroxylation is 2. The molecule has 0 saturated carbocycles. The predicted octanol–water partition coefficient (Wildman–Crippen LogP) is 14.4. The highest BCUT2D eigenvalue weighted by molar-refractivity contribution is 5.76. The third-order valence-corrected chi connectivity index (χ3v) is 15.5. The van der Waals surface area contributed by atoms with E-state index in [0.29, 0.717) is 131 Å². The van der Waals surface area contributed by atoms with Gasteiger partial charge >= 0.3 is 0 Å². The maximum atomic E-state index is 13.7. The number of fused-ring (bicyclic) bond motifs is 8. The molecule has 11 heteroatoms. The van der Waals surface area contributed by atoms with Crippen molar-refractivity contribution in [2.75, 3.05) is 79.2 Å². The van der Waals surface area contributed by atoms with Crippen LogP contribution in [0.3, 0.4) is 0 Å². The summed E-state index contributed by atoms with van der Waals surface area (Å²) in [5, 5.41) is 6.21. The molecule has 448 valence electrons. The summed E-state index contributed by atoms with van der Waals surface area (Å²) in [6, 6.07) is 18.8. The summed E-state index contributed by atoms with van der Waals surface area (Å²) in [5.74, 6) is 3.60. The minimum absolute atomic E-state index is 0.0214. The van der Waals surface area contributed by atoms with Crippen molar-refractivity contribution in [1.82, 2.24) is 10.6 Å². The van der Waals surface area contributed by atoms with Crippen LogP contribution >= 0.6 is 0 Å². The molecule has 0 atom stereocenters. The summed E-state index contributed by atoms with van der Waals surface area (Å²) in [7, 11) is 0. The molecule has 81 heavy (non-hydrogen) atoms. The van der Waals surface area contributed by atoms with Crippen molar-refractivity contribution in [3.05, 3.63) is 115 Å². The summed E-state index contributed by atoms with van der Waals surface area (Å²) < 4.78 is 46.1. The Bertz CT molecular complexity index is 2400. The van der Waals surface area contributed by atoms with Gasteiger partial charge in [0, 0.05) is 51.6 Å². The molecule has 0 spiro atoms. The summed E-state index contributed by atoms with van der Waals surface area (Å²) in [5.41, 5.74) is 13.1. The van der Waals surface area contributed by atoms with Crippen molar-refractivity contribution in [1.29, 1.82) is 0 Å². The van der Waals surface area contributed by atoms with E-state index in [4.69, 9.17) is 33.2 Å². The highest BCUT2D eigenvalue weighted by atomic mass is 16.5. The topological polar surface area (TPSA) is 123 Å². The van der Waals surface area contributed by atoms with Crippen LogP contribution in [-0.2, 0) is 73.2 Å². The van der Waals surface area contributed by atoms with E-state index in [-0.39, 0.29) is 22.6 Å². The van der Waals surface area contributed by atoms with Crippen LogP contribution in [0.4, 0.5) is 0 Å². The molecule has 0 saturated heterocycles. The van der Waals surface area contributed by atoms with Gasteiger partial charge < -0.3 is 43.8 Å². The molecule has 11 nitrogen and oxygen atoms in total. The van der Waals surface area contributed by atoms with Crippen LogP contribution in [0.5, 0.6) is 23.0 Å². The molecule has 1 aliphatic carbocycles. The Balaban J connectivity index is 1.69. The maximum Gasteiger partial charge on any atom is 0.220 e. The fourth-order valence-electron chi connectivity index (χ4n) is 10.8. The second-order valence-corrected chi connectivity index (χ2v) is 24.7. The fraction of sp³-hybridized carbons (Fsp3) is 0.629. The number of hydrogen-bond donors (Lipinski definition) is 2. The lowest BCUT2D eigenvalue weighted by Crippen LogP contribution is -2.28. The minimum Gasteiger partial charge on any atom is -0.493 e. The van der Waals surface area contributed by atoms with E-state index in [1.807, 2.05) is 0 Å². The first-order valence-corrected chi connectivity index (χ1v) is 31.5. The zero-order valence-corrected chi connectivity index (χ0v) is 51.9. The molecule has 0 unspecified atom stereocenters. The first-order valence-electron chi connectivity index (χ1n) is 31.5. The molecule has 2 N–H and O–H groups in total. The van der Waals surface area contributed by atoms with Crippen molar-refractivity contribution in [2.24, 2.45) is 0 Å². The molecule has 2 aliphatic rings. The monoisotopic (exact) mass is 1120 g/mol. The number of benzene rings is 4. The number of hydrogen-bond acceptors (Lipinski definition) is 9. The first-order chi connectivity index (χ1) is 39.1. The minimum atomic E-state index is -0.168. The fourth-order valence-corrected chi connectivity index (χ4v) is 10.8. The number of ether oxygens (including phenoxy) is 7. The number of unbranched alkanes of at least 4 members (excludes halogenated alkanes) is 8. The van der Waals surface area contributed by atoms with E-state index < -0.39 is 0 Å². The van der Waals surface area contributed by atoms with Gasteiger partial charge in [-0.05, 0) is 116 Å². The van der Waals surface area contributed by atoms with Crippen molar-refractivity contribution >= 4 is 11.8 Å². The maximum absolute atomic E-state index is 13.7. The molecule has 4 aromatic carbocycles. The van der Waals surface area contributed by atoms with Gasteiger partial charge in [0.1, 0.15) is 23.0 Å². The highest BCUT2D eigenvalue weighted by Gasteiger charge is 2.28. The number of amides is 2. The third-order valence-electron chi connectivity index (χ3n) is 15.5. The largest absolute Gasteiger partial charge is 0.493 e. The normalized spacial score (nSPS) is 15.6. The SMILES string of the molecule is CCCCCOc1c2cc3cc1Cc1cc(C(C)(C)C)cc(c1OCCCCC)Cc1cc(C(C)(C)C)cc(c1OCCCCC)Cc1cc(cc(c1OCCCCC)C2)CCC(=O)NCCOCCOCCOCCNC(=O)CC3. The van der Waals surface area contributed by atoms with Gasteiger partial charge in [-0.2, -0.15) is 0 Å². The average Bonchev–Trinajstić information content (AvgIpc) is 3.54. The summed E-state index contributed by atoms with van der Waals surface area (Å²) >= 11 is 0. The Morgan fingerprint density at radius 3 is 0.889 bits per heavy atom. The highest BCUT2D eigenvalue weighted by Crippen LogP contribution is 2.43. The van der Waals surface area contributed by atoms with Crippen LogP contribution in [0.2, 0.25) is 0 Å². The molecule has 4 aromatic rings. The summed E-state index contributed by atoms with van der Waals surface area (Å²) in [6.07, 6.45) is 16.4. The lowest BCUT2D eigenvalue weighted by molar-refractivity contribution is -0.122. The van der Waals surface area contributed by atoms with E-state index in [2.05, 4.69) is 128 Å². The molecule has 1 heterocycles. The Morgan fingerprint density at radius 2 is 0.630 bits per heavy atom. The zero-order valence-electron chi connectivity index (χ0n) is 51.9. The second kappa shape index (κ2) is 33.9. The van der Waals surface area contributed by atoms with Gasteiger partial charge in [-0.3, -0.25) is 9.59 Å². The van der Waals surface area contributed by atoms with Gasteiger partial charge in [-0.1, -0.05) is 169 Å². The van der Waals surface area contributed by atoms with Crippen molar-refractivity contribution < 1.29 is 42.7 Å². The van der Waals surface area contributed by atoms with Gasteiger partial charge in [0.15, 0.2) is 0 Å². The third kappa shape index (κ3) is 21.2. The van der Waals surface area contributed by atoms with Crippen LogP contribution in [-0.4, -0.2) is 91.0 Å². The molecule has 0 fully saturated rings. The van der Waals surface area contributed by atoms with Crippen LogP contribution in [0.15, 0.2) is 48.5 Å². The second-order valence-electron chi connectivity index (χ2n) is 24.7. The molecule has 0 aromatic heterocycles. The van der Waals surface area contributed by atoms with Gasteiger partial charge in [0.2, 0.25) is 11.8 Å². The van der Waals surface area contributed by atoms with Crippen molar-refractivity contribution in [3.8, 4) is 23.0 Å². The predicted molar refractivity (Wildman–Crippen MR) is 330 cm³/mol. The smallest absolute Gasteiger partial charge is 0.220 e. The number of carbonyl (C=O) groups is 2. The summed E-state index contributed by atoms with van der Waals surface area (Å²) in [4.78, 5) is 27.3. The number of rotatable bonds is 20. The molecule has 0 radical (unpaired) electrons. The van der Waals surface area contributed by atoms with E-state index in [9.17, 15) is 9.59 Å². The lowest BCUT2D eigenvalue weighted by Gasteiger charge is -2.28. The van der Waals surface area contributed by atoms with E-state index in [1.54, 1.807) is 0 Å². The Hall–Kier alpha value is -5.10. The summed E-state index contributed by atoms with van der Waals surface area (Å²) in [6.45, 7) is 28.5. The average molecular weight is 1120 g/mol. The molecule has 1 aliphatic heterocycles. The molecule has 2 amide bonds. The molecular weight excluding hydrogens is 1010 g/mol. The number of carbonyl (C=O) groups excluding carboxylic acids is 2. The number of nitrogens with one attached hydrogen (secondary N) is 2. The van der Waals surface area contributed by atoms with Gasteiger partial charge in [-0.25, -0.2) is 0 Å². The molecule has 10 bridgehead atoms. The van der Waals surface area contributed by atoms with Crippen LogP contribution in [0.1, 0.15) is 226 Å². The lowest BCUT2D eigenvalue weighted by atomic mass is 9.80. The van der Waals surface area contributed by atoms with Crippen LogP contribution in [0, 0.1) is 0 Å². The van der Waals surface area contributed by atoms with Crippen molar-refractivity contribution in [3.63, 3.8) is 0 Å². The van der Waals surface area contributed by atoms with Gasteiger partial charge in [-0.15, -0.1) is 0 Å². The molecule has 6 rings (SSSR count). The standard InChI is InChI=1S/C70H104N2O9/c1-11-15-19-29-78-65-53-39-51-23-25-63(73)71-27-33-75-35-37-77-38-36-76-34-28-72-64(74)26-24-52-40-54(43-53)66(79-30-20-16-12-2)56(42-52)45-58-48-62(70(8,9)10)50-60(68(58)81-32-22-18-14-4)46-59-49-61(69(5,6)7)47-57(44-55(65)41-51)67(59)80-31-21-17-13-3/h39-42,47-50H,11-38,43-46H2,1-10H3,(H,71,73)(H,72,74). The molecular formula is C70H104N2O9. The van der Waals surface area contributed by atoms with E-state index in [0.717, 1.165) is 156 Å². The van der Waals surface area contributed by atoms with Gasteiger partial charge in [0.25, 0.3) is 0 Å². The first kappa shape index (κ1) is 65.1. The van der Waals surface area contributed by atoms with E-state index in [1.165, 1.54) is 11.1 Å². The van der Waals surface area contributed by atoms with Crippen molar-refractivity contribution in [2.45, 2.75) is 208 Å². The Morgan fingerprint density at radius 1 is 0.370 bits per heavy atom. The zero-order chi connectivity index (χ0) is 58.0. The van der Waals surface area contributed by atoms with Crippen LogP contribution in [0.25, 0.3) is 0 Å². The van der Waals surface area contributed by atoms with Crippen LogP contribution < -0.4 is 29.6 Å². The van der Waals surface area contributed by atoms with E-state index >= 15 is 0 Å². The Kier molecular flexibility index (Phi) is 27.2. The Labute approximate surface area is 489 Å².